The Labute approximate surface area is 161 Å². The van der Waals surface area contributed by atoms with Crippen LogP contribution >= 0.6 is 0 Å². The fourth-order valence-corrected chi connectivity index (χ4v) is 3.39. The SMILES string of the molecule is CCNC(=NCc1nnc(C)n1C)NCC(c1ccco1)N1CCCCC1. The molecule has 2 N–H and O–H groups in total. The van der Waals surface area contributed by atoms with E-state index >= 15 is 0 Å². The minimum atomic E-state index is 0.209. The number of likely N-dealkylation sites (tertiary alicyclic amines) is 1. The van der Waals surface area contributed by atoms with Gasteiger partial charge in [-0.25, -0.2) is 4.99 Å². The fraction of sp³-hybridized carbons (Fsp3) is 0.632. The highest BCUT2D eigenvalue weighted by Gasteiger charge is 2.24. The summed E-state index contributed by atoms with van der Waals surface area (Å²) in [6, 6.07) is 4.23. The maximum atomic E-state index is 5.73. The zero-order valence-corrected chi connectivity index (χ0v) is 16.6. The summed E-state index contributed by atoms with van der Waals surface area (Å²) < 4.78 is 7.69. The van der Waals surface area contributed by atoms with Crippen molar-refractivity contribution in [2.24, 2.45) is 12.0 Å². The average molecular weight is 374 g/mol. The van der Waals surface area contributed by atoms with Crippen molar-refractivity contribution in [1.29, 1.82) is 0 Å². The number of nitrogens with zero attached hydrogens (tertiary/aromatic N) is 5. The van der Waals surface area contributed by atoms with Gasteiger partial charge in [-0.05, 0) is 51.9 Å². The average Bonchev–Trinajstić information content (AvgIpc) is 3.32. The number of hydrogen-bond donors (Lipinski definition) is 2. The lowest BCUT2D eigenvalue weighted by atomic mass is 10.1. The largest absolute Gasteiger partial charge is 0.468 e. The molecule has 0 radical (unpaired) electrons. The van der Waals surface area contributed by atoms with E-state index in [1.54, 1.807) is 6.26 Å². The Kier molecular flexibility index (Phi) is 6.86. The number of hydrogen-bond acceptors (Lipinski definition) is 5. The molecule has 3 heterocycles. The summed E-state index contributed by atoms with van der Waals surface area (Å²) in [5.74, 6) is 3.53. The first-order valence-corrected chi connectivity index (χ1v) is 9.83. The minimum absolute atomic E-state index is 0.209. The second-order valence-corrected chi connectivity index (χ2v) is 6.93. The fourth-order valence-electron chi connectivity index (χ4n) is 3.39. The number of aliphatic imine (C=N–C) groups is 1. The van der Waals surface area contributed by atoms with Crippen LogP contribution in [0.5, 0.6) is 0 Å². The maximum Gasteiger partial charge on any atom is 0.191 e. The van der Waals surface area contributed by atoms with Crippen LogP contribution in [0.3, 0.4) is 0 Å². The van der Waals surface area contributed by atoms with Gasteiger partial charge in [0.05, 0.1) is 12.3 Å². The van der Waals surface area contributed by atoms with E-state index in [1.807, 2.05) is 24.6 Å². The molecule has 2 aromatic rings. The van der Waals surface area contributed by atoms with Crippen LogP contribution in [0, 0.1) is 6.92 Å². The number of rotatable bonds is 7. The molecule has 3 rings (SSSR count). The van der Waals surface area contributed by atoms with E-state index in [0.29, 0.717) is 6.54 Å². The van der Waals surface area contributed by atoms with Gasteiger partial charge in [-0.15, -0.1) is 10.2 Å². The van der Waals surface area contributed by atoms with E-state index in [4.69, 9.17) is 4.42 Å². The van der Waals surface area contributed by atoms with Crippen LogP contribution in [0.15, 0.2) is 27.8 Å². The number of guanidine groups is 1. The molecule has 1 fully saturated rings. The molecule has 8 heteroatoms. The first-order valence-electron chi connectivity index (χ1n) is 9.83. The highest BCUT2D eigenvalue weighted by atomic mass is 16.3. The normalized spacial score (nSPS) is 17.1. The lowest BCUT2D eigenvalue weighted by Crippen LogP contribution is -2.44. The van der Waals surface area contributed by atoms with Crippen molar-refractivity contribution in [2.75, 3.05) is 26.2 Å². The molecule has 1 atom stereocenters. The number of piperidine rings is 1. The van der Waals surface area contributed by atoms with Gasteiger partial charge in [0.25, 0.3) is 0 Å². The minimum Gasteiger partial charge on any atom is -0.468 e. The van der Waals surface area contributed by atoms with Gasteiger partial charge in [0.1, 0.15) is 18.1 Å². The van der Waals surface area contributed by atoms with E-state index in [1.165, 1.54) is 19.3 Å². The zero-order chi connectivity index (χ0) is 19.1. The van der Waals surface area contributed by atoms with Crippen molar-refractivity contribution >= 4 is 5.96 Å². The van der Waals surface area contributed by atoms with Crippen LogP contribution in [-0.4, -0.2) is 51.8 Å². The zero-order valence-electron chi connectivity index (χ0n) is 16.6. The number of furan rings is 1. The molecule has 0 saturated carbocycles. The number of aromatic nitrogens is 3. The molecular weight excluding hydrogens is 342 g/mol. The van der Waals surface area contributed by atoms with Gasteiger partial charge in [0.2, 0.25) is 0 Å². The van der Waals surface area contributed by atoms with Crippen molar-refractivity contribution in [3.8, 4) is 0 Å². The van der Waals surface area contributed by atoms with Crippen LogP contribution < -0.4 is 10.6 Å². The van der Waals surface area contributed by atoms with Gasteiger partial charge >= 0.3 is 0 Å². The molecule has 0 amide bonds. The molecule has 1 aliphatic rings. The Morgan fingerprint density at radius 3 is 2.70 bits per heavy atom. The van der Waals surface area contributed by atoms with Gasteiger partial charge in [0.15, 0.2) is 11.8 Å². The number of aryl methyl sites for hydroxylation is 1. The summed E-state index contributed by atoms with van der Waals surface area (Å²) >= 11 is 0. The first-order chi connectivity index (χ1) is 13.2. The van der Waals surface area contributed by atoms with Gasteiger partial charge in [0, 0.05) is 20.1 Å². The standard InChI is InChI=1S/C19H31N7O/c1-4-20-19(22-14-18-24-23-15(2)25(18)3)21-13-16(17-9-8-12-27-17)26-10-6-5-7-11-26/h8-9,12,16H,4-7,10-11,13-14H2,1-3H3,(H2,20,21,22). The van der Waals surface area contributed by atoms with E-state index in [-0.39, 0.29) is 6.04 Å². The highest BCUT2D eigenvalue weighted by Crippen LogP contribution is 2.24. The third kappa shape index (κ3) is 5.09. The molecular formula is C19H31N7O. The van der Waals surface area contributed by atoms with Crippen LogP contribution in [0.4, 0.5) is 0 Å². The quantitative estimate of drug-likeness (QED) is 0.570. The summed E-state index contributed by atoms with van der Waals surface area (Å²) in [6.07, 6.45) is 5.56. The third-order valence-corrected chi connectivity index (χ3v) is 5.07. The Morgan fingerprint density at radius 2 is 2.07 bits per heavy atom. The summed E-state index contributed by atoms with van der Waals surface area (Å²) in [7, 11) is 1.96. The molecule has 0 aromatic carbocycles. The topological polar surface area (TPSA) is 83.5 Å². The monoisotopic (exact) mass is 373 g/mol. The molecule has 0 bridgehead atoms. The van der Waals surface area contributed by atoms with Crippen molar-refractivity contribution in [2.45, 2.75) is 45.7 Å². The maximum absolute atomic E-state index is 5.73. The molecule has 1 unspecified atom stereocenters. The molecule has 148 valence electrons. The molecule has 8 nitrogen and oxygen atoms in total. The van der Waals surface area contributed by atoms with Crippen LogP contribution in [0.1, 0.15) is 49.6 Å². The molecule has 2 aromatic heterocycles. The third-order valence-electron chi connectivity index (χ3n) is 5.07. The van der Waals surface area contributed by atoms with E-state index in [9.17, 15) is 0 Å². The molecule has 0 spiro atoms. The van der Waals surface area contributed by atoms with Gasteiger partial charge in [-0.3, -0.25) is 4.90 Å². The molecule has 0 aliphatic carbocycles. The molecule has 27 heavy (non-hydrogen) atoms. The molecule has 1 saturated heterocycles. The van der Waals surface area contributed by atoms with Crippen LogP contribution in [0.2, 0.25) is 0 Å². The molecule has 1 aliphatic heterocycles. The van der Waals surface area contributed by atoms with Crippen molar-refractivity contribution in [1.82, 2.24) is 30.3 Å². The summed E-state index contributed by atoms with van der Waals surface area (Å²) in [5, 5.41) is 15.1. The van der Waals surface area contributed by atoms with Gasteiger partial charge in [-0.2, -0.15) is 0 Å². The van der Waals surface area contributed by atoms with Crippen LogP contribution in [-0.2, 0) is 13.6 Å². The van der Waals surface area contributed by atoms with Crippen molar-refractivity contribution in [3.05, 3.63) is 35.8 Å². The second-order valence-electron chi connectivity index (χ2n) is 6.93. The summed E-state index contributed by atoms with van der Waals surface area (Å²) in [4.78, 5) is 7.18. The van der Waals surface area contributed by atoms with Gasteiger partial charge < -0.3 is 19.6 Å². The Bertz CT molecular complexity index is 717. The first kappa shape index (κ1) is 19.4. The lowest BCUT2D eigenvalue weighted by Gasteiger charge is -2.33. The van der Waals surface area contributed by atoms with Gasteiger partial charge in [-0.1, -0.05) is 6.42 Å². The summed E-state index contributed by atoms with van der Waals surface area (Å²) in [6.45, 7) is 8.27. The lowest BCUT2D eigenvalue weighted by molar-refractivity contribution is 0.146. The smallest absolute Gasteiger partial charge is 0.191 e. The predicted molar refractivity (Wildman–Crippen MR) is 105 cm³/mol. The summed E-state index contributed by atoms with van der Waals surface area (Å²) in [5.41, 5.74) is 0. The van der Waals surface area contributed by atoms with Crippen LogP contribution in [0.25, 0.3) is 0 Å². The Hall–Kier alpha value is -2.35. The highest BCUT2D eigenvalue weighted by molar-refractivity contribution is 5.79. The van der Waals surface area contributed by atoms with E-state index in [0.717, 1.165) is 49.5 Å². The Morgan fingerprint density at radius 1 is 1.26 bits per heavy atom. The Balaban J connectivity index is 1.66. The van der Waals surface area contributed by atoms with E-state index < -0.39 is 0 Å². The van der Waals surface area contributed by atoms with Crippen molar-refractivity contribution in [3.63, 3.8) is 0 Å². The second kappa shape index (κ2) is 9.55. The van der Waals surface area contributed by atoms with Crippen molar-refractivity contribution < 1.29 is 4.42 Å². The van der Waals surface area contributed by atoms with E-state index in [2.05, 4.69) is 43.7 Å². The number of nitrogens with one attached hydrogen (secondary N) is 2. The predicted octanol–water partition coefficient (Wildman–Crippen LogP) is 2.00.